The van der Waals surface area contributed by atoms with Crippen molar-refractivity contribution < 1.29 is 18.7 Å². The summed E-state index contributed by atoms with van der Waals surface area (Å²) >= 11 is 0. The van der Waals surface area contributed by atoms with Crippen molar-refractivity contribution in [2.45, 2.75) is 0 Å². The first-order valence-electron chi connectivity index (χ1n) is 9.78. The number of ether oxygens (including phenoxy) is 2. The number of allylic oxidation sites excluding steroid dienone is 1. The van der Waals surface area contributed by atoms with Crippen LogP contribution >= 0.6 is 0 Å². The predicted molar refractivity (Wildman–Crippen MR) is 121 cm³/mol. The topological polar surface area (TPSA) is 61.6 Å². The lowest BCUT2D eigenvalue weighted by Crippen LogP contribution is -2.03. The lowest BCUT2D eigenvalue weighted by Gasteiger charge is -2.06. The summed E-state index contributed by atoms with van der Waals surface area (Å²) in [7, 11) is 1.59. The van der Waals surface area contributed by atoms with E-state index in [1.54, 1.807) is 43.5 Å². The molecule has 0 bridgehead atoms. The molecule has 0 aliphatic heterocycles. The lowest BCUT2D eigenvalue weighted by atomic mass is 10.0. The molecule has 0 N–H and O–H groups in total. The third kappa shape index (κ3) is 4.56. The molecule has 0 saturated heterocycles. The van der Waals surface area contributed by atoms with E-state index in [4.69, 9.17) is 13.9 Å². The number of hydrogen-bond donors (Lipinski definition) is 0. The highest BCUT2D eigenvalue weighted by Gasteiger charge is 2.20. The molecule has 0 amide bonds. The van der Waals surface area contributed by atoms with Gasteiger partial charge in [-0.15, -0.1) is 0 Å². The SMILES string of the molecule is C=CCOc1ccc(/C=C(\C(=O)c2ccc(OC)cc2)c2nc3ccccc3o2)cc1. The molecule has 0 spiro atoms. The van der Waals surface area contributed by atoms with Crippen molar-refractivity contribution in [1.29, 1.82) is 0 Å². The second kappa shape index (κ2) is 9.13. The quantitative estimate of drug-likeness (QED) is 0.208. The van der Waals surface area contributed by atoms with Gasteiger partial charge >= 0.3 is 0 Å². The number of para-hydroxylation sites is 2. The Balaban J connectivity index is 1.75. The highest BCUT2D eigenvalue weighted by Crippen LogP contribution is 2.27. The van der Waals surface area contributed by atoms with Gasteiger partial charge < -0.3 is 13.9 Å². The highest BCUT2D eigenvalue weighted by atomic mass is 16.5. The van der Waals surface area contributed by atoms with Gasteiger partial charge in [0.25, 0.3) is 0 Å². The summed E-state index contributed by atoms with van der Waals surface area (Å²) in [5.41, 5.74) is 3.02. The van der Waals surface area contributed by atoms with Crippen LogP contribution < -0.4 is 9.47 Å². The van der Waals surface area contributed by atoms with Crippen LogP contribution in [0.1, 0.15) is 21.8 Å². The second-order valence-electron chi connectivity index (χ2n) is 6.77. The molecule has 4 rings (SSSR count). The molecule has 0 unspecified atom stereocenters. The average molecular weight is 411 g/mol. The maximum absolute atomic E-state index is 13.4. The number of hydrogen-bond acceptors (Lipinski definition) is 5. The molecule has 4 aromatic rings. The molecule has 0 aliphatic carbocycles. The van der Waals surface area contributed by atoms with E-state index in [9.17, 15) is 4.79 Å². The largest absolute Gasteiger partial charge is 0.497 e. The molecule has 1 aromatic heterocycles. The van der Waals surface area contributed by atoms with E-state index in [1.165, 1.54) is 0 Å². The molecule has 0 saturated carbocycles. The van der Waals surface area contributed by atoms with Gasteiger partial charge in [-0.1, -0.05) is 36.9 Å². The van der Waals surface area contributed by atoms with Gasteiger partial charge in [0, 0.05) is 5.56 Å². The zero-order valence-electron chi connectivity index (χ0n) is 17.1. The first-order valence-corrected chi connectivity index (χ1v) is 9.78. The van der Waals surface area contributed by atoms with Crippen molar-refractivity contribution in [1.82, 2.24) is 4.98 Å². The van der Waals surface area contributed by atoms with E-state index in [0.717, 1.165) is 11.3 Å². The molecular weight excluding hydrogens is 390 g/mol. The van der Waals surface area contributed by atoms with Gasteiger partial charge in [-0.25, -0.2) is 4.98 Å². The lowest BCUT2D eigenvalue weighted by molar-refractivity contribution is 0.105. The van der Waals surface area contributed by atoms with Crippen LogP contribution in [0.15, 0.2) is 89.9 Å². The fourth-order valence-corrected chi connectivity index (χ4v) is 3.09. The monoisotopic (exact) mass is 411 g/mol. The van der Waals surface area contributed by atoms with E-state index in [2.05, 4.69) is 11.6 Å². The van der Waals surface area contributed by atoms with E-state index < -0.39 is 0 Å². The molecule has 31 heavy (non-hydrogen) atoms. The Kier molecular flexibility index (Phi) is 5.94. The number of Topliss-reactive ketones (excluding diaryl/α,β-unsaturated/α-hetero) is 1. The minimum atomic E-state index is -0.193. The minimum Gasteiger partial charge on any atom is -0.497 e. The van der Waals surface area contributed by atoms with Gasteiger partial charge in [-0.3, -0.25) is 4.79 Å². The van der Waals surface area contributed by atoms with Crippen LogP contribution in [0.2, 0.25) is 0 Å². The van der Waals surface area contributed by atoms with Crippen LogP contribution in [-0.4, -0.2) is 24.5 Å². The Bertz CT molecular complexity index is 1200. The van der Waals surface area contributed by atoms with E-state index in [1.807, 2.05) is 48.5 Å². The Morgan fingerprint density at radius 3 is 2.39 bits per heavy atom. The van der Waals surface area contributed by atoms with E-state index in [-0.39, 0.29) is 11.7 Å². The highest BCUT2D eigenvalue weighted by molar-refractivity contribution is 6.31. The third-order valence-corrected chi connectivity index (χ3v) is 4.68. The number of rotatable bonds is 8. The Morgan fingerprint density at radius 2 is 1.71 bits per heavy atom. The Hall–Kier alpha value is -4.12. The van der Waals surface area contributed by atoms with Crippen LogP contribution in [0.3, 0.4) is 0 Å². The van der Waals surface area contributed by atoms with E-state index in [0.29, 0.717) is 34.6 Å². The van der Waals surface area contributed by atoms with Gasteiger partial charge in [-0.05, 0) is 60.2 Å². The van der Waals surface area contributed by atoms with Crippen molar-refractivity contribution >= 4 is 28.5 Å². The maximum atomic E-state index is 13.4. The fourth-order valence-electron chi connectivity index (χ4n) is 3.09. The number of oxazole rings is 1. The summed E-state index contributed by atoms with van der Waals surface area (Å²) < 4.78 is 16.6. The van der Waals surface area contributed by atoms with Crippen LogP contribution in [-0.2, 0) is 0 Å². The zero-order valence-corrected chi connectivity index (χ0v) is 17.1. The van der Waals surface area contributed by atoms with E-state index >= 15 is 0 Å². The second-order valence-corrected chi connectivity index (χ2v) is 6.77. The van der Waals surface area contributed by atoms with Crippen molar-refractivity contribution in [3.8, 4) is 11.5 Å². The fraction of sp³-hybridized carbons (Fsp3) is 0.0769. The standard InChI is InChI=1S/C26H21NO4/c1-3-16-30-21-12-8-18(9-13-21)17-22(25(28)19-10-14-20(29-2)15-11-19)26-27-23-6-4-5-7-24(23)31-26/h3-15,17H,1,16H2,2H3/b22-17+. The van der Waals surface area contributed by atoms with Gasteiger partial charge in [0.15, 0.2) is 11.4 Å². The van der Waals surface area contributed by atoms with Gasteiger partial charge in [0.1, 0.15) is 23.6 Å². The number of ketones is 1. The normalized spacial score (nSPS) is 11.3. The number of carbonyl (C=O) groups is 1. The van der Waals surface area contributed by atoms with Crippen LogP contribution in [0, 0.1) is 0 Å². The Labute approximate surface area is 180 Å². The molecule has 0 fully saturated rings. The van der Waals surface area contributed by atoms with Crippen molar-refractivity contribution in [3.63, 3.8) is 0 Å². The number of fused-ring (bicyclic) bond motifs is 1. The molecule has 1 heterocycles. The van der Waals surface area contributed by atoms with Crippen molar-refractivity contribution in [2.75, 3.05) is 13.7 Å². The summed E-state index contributed by atoms with van der Waals surface area (Å²) in [4.78, 5) is 17.9. The minimum absolute atomic E-state index is 0.193. The first-order chi connectivity index (χ1) is 15.2. The number of benzene rings is 3. The summed E-state index contributed by atoms with van der Waals surface area (Å²) in [5.74, 6) is 1.48. The molecule has 0 aliphatic rings. The van der Waals surface area contributed by atoms with Crippen LogP contribution in [0.5, 0.6) is 11.5 Å². The first kappa shape index (κ1) is 20.2. The smallest absolute Gasteiger partial charge is 0.231 e. The Morgan fingerprint density at radius 1 is 1.00 bits per heavy atom. The number of carbonyl (C=O) groups excluding carboxylic acids is 1. The molecule has 0 radical (unpaired) electrons. The van der Waals surface area contributed by atoms with Crippen molar-refractivity contribution in [3.05, 3.63) is 102 Å². The molecular formula is C26H21NO4. The average Bonchev–Trinajstić information content (AvgIpc) is 3.25. The third-order valence-electron chi connectivity index (χ3n) is 4.68. The number of methoxy groups -OCH3 is 1. The molecule has 3 aromatic carbocycles. The van der Waals surface area contributed by atoms with Crippen LogP contribution in [0.4, 0.5) is 0 Å². The molecule has 0 atom stereocenters. The number of aromatic nitrogens is 1. The van der Waals surface area contributed by atoms with Crippen LogP contribution in [0.25, 0.3) is 22.7 Å². The van der Waals surface area contributed by atoms with Crippen molar-refractivity contribution in [2.24, 2.45) is 0 Å². The molecule has 5 heteroatoms. The zero-order chi connectivity index (χ0) is 21.6. The molecule has 5 nitrogen and oxygen atoms in total. The number of nitrogens with zero attached hydrogens (tertiary/aromatic N) is 1. The van der Waals surface area contributed by atoms with Gasteiger partial charge in [0.05, 0.1) is 12.7 Å². The van der Waals surface area contributed by atoms with Gasteiger partial charge in [-0.2, -0.15) is 0 Å². The summed E-state index contributed by atoms with van der Waals surface area (Å²) in [6, 6.07) is 21.8. The summed E-state index contributed by atoms with van der Waals surface area (Å²) in [6.45, 7) is 4.08. The summed E-state index contributed by atoms with van der Waals surface area (Å²) in [6.07, 6.45) is 3.46. The summed E-state index contributed by atoms with van der Waals surface area (Å²) in [5, 5.41) is 0. The maximum Gasteiger partial charge on any atom is 0.231 e. The van der Waals surface area contributed by atoms with Gasteiger partial charge in [0.2, 0.25) is 5.89 Å². The predicted octanol–water partition coefficient (Wildman–Crippen LogP) is 5.82. The molecule has 154 valence electrons.